The van der Waals surface area contributed by atoms with E-state index in [-0.39, 0.29) is 11.9 Å². The minimum absolute atomic E-state index is 0.228. The fraction of sp³-hybridized carbons (Fsp3) is 0.949. The number of nitrogens with one attached hydrogen (secondary N) is 1. The quantitative estimate of drug-likeness (QED) is 0.0414. The van der Waals surface area contributed by atoms with Crippen molar-refractivity contribution in [1.29, 1.82) is 0 Å². The van der Waals surface area contributed by atoms with Crippen LogP contribution in [0.25, 0.3) is 0 Å². The zero-order valence-corrected chi connectivity index (χ0v) is 30.7. The van der Waals surface area contributed by atoms with Gasteiger partial charge < -0.3 is 14.6 Å². The second kappa shape index (κ2) is 32.8. The first-order valence-corrected chi connectivity index (χ1v) is 19.6. The number of carbonyl (C=O) groups is 2. The first kappa shape index (κ1) is 43.9. The minimum Gasteiger partial charge on any atom is -0.461 e. The van der Waals surface area contributed by atoms with Crippen molar-refractivity contribution in [3.8, 4) is 0 Å². The van der Waals surface area contributed by atoms with Crippen LogP contribution in [0.2, 0.25) is 0 Å². The molecule has 0 aromatic rings. The maximum absolute atomic E-state index is 12.5. The van der Waals surface area contributed by atoms with E-state index in [1.165, 1.54) is 128 Å². The fourth-order valence-electron chi connectivity index (χ4n) is 6.18. The van der Waals surface area contributed by atoms with Crippen LogP contribution < -0.4 is 5.32 Å². The van der Waals surface area contributed by atoms with Crippen molar-refractivity contribution in [1.82, 2.24) is 5.32 Å². The summed E-state index contributed by atoms with van der Waals surface area (Å²) in [6, 6.07) is -0.476. The lowest BCUT2D eigenvalue weighted by Gasteiger charge is -2.31. The number of carbonyl (C=O) groups excluding carboxylic acids is 2. The highest BCUT2D eigenvalue weighted by molar-refractivity contribution is 5.70. The molecule has 0 aliphatic rings. The van der Waals surface area contributed by atoms with Gasteiger partial charge in [0.15, 0.2) is 0 Å². The number of unbranched alkanes of at least 4 members (excludes halogenated alkanes) is 24. The molecule has 0 spiro atoms. The summed E-state index contributed by atoms with van der Waals surface area (Å²) >= 11 is 0. The Morgan fingerprint density at radius 3 is 0.956 bits per heavy atom. The molecule has 3 unspecified atom stereocenters. The van der Waals surface area contributed by atoms with Crippen LogP contribution in [0, 0.1) is 0 Å². The van der Waals surface area contributed by atoms with E-state index < -0.39 is 24.5 Å². The summed E-state index contributed by atoms with van der Waals surface area (Å²) in [5, 5.41) is 13.0. The first-order chi connectivity index (χ1) is 21.8. The molecule has 0 rings (SSSR count). The van der Waals surface area contributed by atoms with Crippen LogP contribution in [0.5, 0.6) is 0 Å². The highest BCUT2D eigenvalue weighted by Gasteiger charge is 2.30. The molecule has 0 radical (unpaired) electrons. The third-order valence-electron chi connectivity index (χ3n) is 9.05. The van der Waals surface area contributed by atoms with Gasteiger partial charge in [-0.15, -0.1) is 0 Å². The lowest BCUT2D eigenvalue weighted by atomic mass is 10.0. The van der Waals surface area contributed by atoms with Gasteiger partial charge in [-0.2, -0.15) is 0 Å². The molecule has 2 N–H and O–H groups in total. The lowest BCUT2D eigenvalue weighted by Crippen LogP contribution is -2.52. The molecule has 0 aromatic heterocycles. The third kappa shape index (κ3) is 30.0. The van der Waals surface area contributed by atoms with Gasteiger partial charge in [0, 0.05) is 12.8 Å². The van der Waals surface area contributed by atoms with E-state index in [0.29, 0.717) is 12.8 Å². The summed E-state index contributed by atoms with van der Waals surface area (Å²) in [7, 11) is 0. The number of ether oxygens (including phenoxy) is 2. The van der Waals surface area contributed by atoms with Gasteiger partial charge >= 0.3 is 11.9 Å². The average Bonchev–Trinajstić information content (AvgIpc) is 3.00. The summed E-state index contributed by atoms with van der Waals surface area (Å²) in [6.45, 7) is 9.76. The Kier molecular flexibility index (Phi) is 32.0. The molecule has 0 heterocycles. The highest BCUT2D eigenvalue weighted by Crippen LogP contribution is 2.16. The van der Waals surface area contributed by atoms with Crippen LogP contribution in [-0.2, 0) is 19.1 Å². The van der Waals surface area contributed by atoms with Crippen LogP contribution in [0.4, 0.5) is 0 Å². The maximum Gasteiger partial charge on any atom is 0.306 e. The van der Waals surface area contributed by atoms with Crippen molar-refractivity contribution in [3.63, 3.8) is 0 Å². The van der Waals surface area contributed by atoms with Crippen LogP contribution in [0.1, 0.15) is 214 Å². The number of aliphatic hydroxyl groups is 1. The van der Waals surface area contributed by atoms with E-state index in [1.807, 2.05) is 0 Å². The van der Waals surface area contributed by atoms with E-state index in [1.54, 1.807) is 20.8 Å². The fourth-order valence-corrected chi connectivity index (χ4v) is 6.18. The topological polar surface area (TPSA) is 84.9 Å². The average molecular weight is 640 g/mol. The van der Waals surface area contributed by atoms with Gasteiger partial charge in [0.25, 0.3) is 0 Å². The number of esters is 2. The van der Waals surface area contributed by atoms with Gasteiger partial charge in [-0.3, -0.25) is 14.9 Å². The van der Waals surface area contributed by atoms with Crippen molar-refractivity contribution < 1.29 is 24.2 Å². The van der Waals surface area contributed by atoms with Crippen molar-refractivity contribution in [3.05, 3.63) is 0 Å². The minimum atomic E-state index is -0.806. The molecule has 0 fully saturated rings. The van der Waals surface area contributed by atoms with Gasteiger partial charge in [-0.1, -0.05) is 168 Å². The van der Waals surface area contributed by atoms with Crippen LogP contribution in [0.15, 0.2) is 0 Å². The zero-order chi connectivity index (χ0) is 33.4. The Labute approximate surface area is 280 Å². The van der Waals surface area contributed by atoms with Gasteiger partial charge in [0.05, 0.1) is 6.04 Å². The molecule has 0 amide bonds. The maximum atomic E-state index is 12.5. The first-order valence-electron chi connectivity index (χ1n) is 19.6. The monoisotopic (exact) mass is 640 g/mol. The number of hydrogen-bond donors (Lipinski definition) is 2. The Bertz CT molecular complexity index is 605. The summed E-state index contributed by atoms with van der Waals surface area (Å²) in [6.07, 6.45) is 31.9. The molecule has 6 nitrogen and oxygen atoms in total. The standard InChI is InChI=1S/C39H77NO5/c1-6-8-10-12-14-16-18-20-22-24-26-28-30-32-37(42)44-34(3)39(40-36(5)41)35(4)45-38(43)33-31-29-27-25-23-21-19-17-15-13-11-9-7-2/h34-36,39-41H,6-33H2,1-5H3. The second-order valence-corrected chi connectivity index (χ2v) is 13.7. The zero-order valence-electron chi connectivity index (χ0n) is 30.7. The summed E-state index contributed by atoms with van der Waals surface area (Å²) < 4.78 is 11.4. The largest absolute Gasteiger partial charge is 0.461 e. The predicted octanol–water partition coefficient (Wildman–Crippen LogP) is 11.1. The highest BCUT2D eigenvalue weighted by atomic mass is 16.6. The molecule has 0 aliphatic heterocycles. The summed E-state index contributed by atoms with van der Waals surface area (Å²) in [5.41, 5.74) is 0. The smallest absolute Gasteiger partial charge is 0.306 e. The molecular weight excluding hydrogens is 562 g/mol. The molecule has 0 bridgehead atoms. The van der Waals surface area contributed by atoms with Gasteiger partial charge in [0.2, 0.25) is 0 Å². The van der Waals surface area contributed by atoms with E-state index in [2.05, 4.69) is 19.2 Å². The molecule has 0 saturated heterocycles. The second-order valence-electron chi connectivity index (χ2n) is 13.7. The van der Waals surface area contributed by atoms with Crippen molar-refractivity contribution in [2.45, 2.75) is 239 Å². The molecule has 6 heteroatoms. The van der Waals surface area contributed by atoms with Crippen LogP contribution in [-0.4, -0.2) is 41.5 Å². The van der Waals surface area contributed by atoms with Crippen LogP contribution >= 0.6 is 0 Å². The Hall–Kier alpha value is -1.14. The molecule has 0 aromatic carbocycles. The Morgan fingerprint density at radius 2 is 0.711 bits per heavy atom. The molecule has 0 aliphatic carbocycles. The van der Waals surface area contributed by atoms with Crippen LogP contribution in [0.3, 0.4) is 0 Å². The lowest BCUT2D eigenvalue weighted by molar-refractivity contribution is -0.158. The molecule has 0 saturated carbocycles. The Balaban J connectivity index is 4.01. The van der Waals surface area contributed by atoms with Gasteiger partial charge in [0.1, 0.15) is 18.4 Å². The van der Waals surface area contributed by atoms with E-state index in [4.69, 9.17) is 9.47 Å². The van der Waals surface area contributed by atoms with Crippen molar-refractivity contribution in [2.24, 2.45) is 0 Å². The van der Waals surface area contributed by atoms with E-state index >= 15 is 0 Å². The van der Waals surface area contributed by atoms with E-state index in [0.717, 1.165) is 38.5 Å². The van der Waals surface area contributed by atoms with Gasteiger partial charge in [-0.25, -0.2) is 0 Å². The van der Waals surface area contributed by atoms with E-state index in [9.17, 15) is 14.7 Å². The van der Waals surface area contributed by atoms with Crippen molar-refractivity contribution >= 4 is 11.9 Å². The van der Waals surface area contributed by atoms with Gasteiger partial charge in [-0.05, 0) is 33.6 Å². The van der Waals surface area contributed by atoms with Crippen molar-refractivity contribution in [2.75, 3.05) is 0 Å². The molecule has 45 heavy (non-hydrogen) atoms. The molecule has 3 atom stereocenters. The number of rotatable bonds is 34. The summed E-state index contributed by atoms with van der Waals surface area (Å²) in [4.78, 5) is 25.0. The number of aliphatic hydroxyl groups excluding tert-OH is 1. The summed E-state index contributed by atoms with van der Waals surface area (Å²) in [5.74, 6) is -0.457. The predicted molar refractivity (Wildman–Crippen MR) is 190 cm³/mol. The normalized spacial score (nSPS) is 14.2. The SMILES string of the molecule is CCCCCCCCCCCCCCCC(=O)OC(C)C(NC(C)O)C(C)OC(=O)CCCCCCCCCCCCCCC. The molecular formula is C39H77NO5. The molecule has 268 valence electrons. The third-order valence-corrected chi connectivity index (χ3v) is 9.05. The number of hydrogen-bond acceptors (Lipinski definition) is 6. The Morgan fingerprint density at radius 1 is 0.467 bits per heavy atom.